The molecule has 0 spiro atoms. The van der Waals surface area contributed by atoms with E-state index in [4.69, 9.17) is 9.47 Å². The van der Waals surface area contributed by atoms with E-state index < -0.39 is 0 Å². The van der Waals surface area contributed by atoms with E-state index in [1.165, 1.54) is 11.1 Å². The smallest absolute Gasteiger partial charge is 0.122 e. The summed E-state index contributed by atoms with van der Waals surface area (Å²) < 4.78 is 11.7. The summed E-state index contributed by atoms with van der Waals surface area (Å²) in [6, 6.07) is 6.86. The van der Waals surface area contributed by atoms with Crippen molar-refractivity contribution >= 4 is 0 Å². The molecule has 3 nitrogen and oxygen atoms in total. The first-order chi connectivity index (χ1) is 10.1. The zero-order chi connectivity index (χ0) is 15.2. The SMILES string of the molecule is CCCNC(C)c1ccc(OCC2CCC(C)O2)c(C)c1. The van der Waals surface area contributed by atoms with Gasteiger partial charge in [-0.2, -0.15) is 0 Å². The number of hydrogen-bond donors (Lipinski definition) is 1. The number of nitrogens with one attached hydrogen (secondary N) is 1. The second-order valence-electron chi connectivity index (χ2n) is 6.16. The van der Waals surface area contributed by atoms with Crippen molar-refractivity contribution < 1.29 is 9.47 Å². The van der Waals surface area contributed by atoms with Crippen molar-refractivity contribution in [1.29, 1.82) is 0 Å². The lowest BCUT2D eigenvalue weighted by molar-refractivity contribution is 0.0263. The molecule has 2 rings (SSSR count). The first kappa shape index (κ1) is 16.3. The van der Waals surface area contributed by atoms with Crippen molar-refractivity contribution in [3.63, 3.8) is 0 Å². The molecule has 1 aliphatic heterocycles. The maximum absolute atomic E-state index is 5.94. The van der Waals surface area contributed by atoms with E-state index in [2.05, 4.69) is 51.2 Å². The quantitative estimate of drug-likeness (QED) is 0.823. The van der Waals surface area contributed by atoms with Crippen LogP contribution in [-0.2, 0) is 4.74 Å². The first-order valence-corrected chi connectivity index (χ1v) is 8.22. The average Bonchev–Trinajstić information content (AvgIpc) is 2.89. The van der Waals surface area contributed by atoms with Crippen LogP contribution in [0.25, 0.3) is 0 Å². The molecule has 3 unspecified atom stereocenters. The summed E-state index contributed by atoms with van der Waals surface area (Å²) >= 11 is 0. The molecule has 1 aliphatic rings. The molecule has 0 radical (unpaired) electrons. The molecule has 0 amide bonds. The molecule has 1 N–H and O–H groups in total. The van der Waals surface area contributed by atoms with Gasteiger partial charge in [-0.05, 0) is 63.8 Å². The molecule has 1 fully saturated rings. The highest BCUT2D eigenvalue weighted by atomic mass is 16.5. The normalized spacial score (nSPS) is 23.2. The molecule has 0 aliphatic carbocycles. The summed E-state index contributed by atoms with van der Waals surface area (Å²) in [5.41, 5.74) is 2.52. The molecule has 3 heteroatoms. The topological polar surface area (TPSA) is 30.5 Å². The van der Waals surface area contributed by atoms with Gasteiger partial charge in [-0.1, -0.05) is 19.1 Å². The fourth-order valence-electron chi connectivity index (χ4n) is 2.77. The fraction of sp³-hybridized carbons (Fsp3) is 0.667. The second kappa shape index (κ2) is 7.81. The molecule has 0 saturated carbocycles. The molecule has 3 atom stereocenters. The standard InChI is InChI=1S/C18H29NO2/c1-5-10-19-15(4)16-7-9-18(13(2)11-16)20-12-17-8-6-14(3)21-17/h7,9,11,14-15,17,19H,5-6,8,10,12H2,1-4H3. The molecular weight excluding hydrogens is 262 g/mol. The van der Waals surface area contributed by atoms with E-state index in [0.717, 1.165) is 31.6 Å². The van der Waals surface area contributed by atoms with Crippen molar-refractivity contribution in [1.82, 2.24) is 5.32 Å². The van der Waals surface area contributed by atoms with Crippen LogP contribution in [0.15, 0.2) is 18.2 Å². The van der Waals surface area contributed by atoms with Crippen molar-refractivity contribution in [2.45, 2.75) is 65.2 Å². The predicted molar refractivity (Wildman–Crippen MR) is 87.0 cm³/mol. The third-order valence-electron chi connectivity index (χ3n) is 4.14. The van der Waals surface area contributed by atoms with Gasteiger partial charge in [0.15, 0.2) is 0 Å². The fourth-order valence-corrected chi connectivity index (χ4v) is 2.77. The number of ether oxygens (including phenoxy) is 2. The number of rotatable bonds is 7. The van der Waals surface area contributed by atoms with Gasteiger partial charge >= 0.3 is 0 Å². The Morgan fingerprint density at radius 3 is 2.81 bits per heavy atom. The minimum absolute atomic E-state index is 0.254. The number of aryl methyl sites for hydroxylation is 1. The molecule has 118 valence electrons. The summed E-state index contributed by atoms with van der Waals surface area (Å²) in [5, 5.41) is 3.52. The highest BCUT2D eigenvalue weighted by Gasteiger charge is 2.22. The third-order valence-corrected chi connectivity index (χ3v) is 4.14. The van der Waals surface area contributed by atoms with Crippen LogP contribution >= 0.6 is 0 Å². The van der Waals surface area contributed by atoms with Gasteiger partial charge in [0.2, 0.25) is 0 Å². The zero-order valence-corrected chi connectivity index (χ0v) is 13.8. The van der Waals surface area contributed by atoms with Gasteiger partial charge in [-0.3, -0.25) is 0 Å². The van der Waals surface area contributed by atoms with E-state index in [1.807, 2.05) is 0 Å². The van der Waals surface area contributed by atoms with Gasteiger partial charge in [-0.15, -0.1) is 0 Å². The molecule has 21 heavy (non-hydrogen) atoms. The Morgan fingerprint density at radius 2 is 2.19 bits per heavy atom. The minimum atomic E-state index is 0.254. The minimum Gasteiger partial charge on any atom is -0.491 e. The largest absolute Gasteiger partial charge is 0.491 e. The Labute approximate surface area is 129 Å². The maximum Gasteiger partial charge on any atom is 0.122 e. The van der Waals surface area contributed by atoms with Crippen LogP contribution < -0.4 is 10.1 Å². The highest BCUT2D eigenvalue weighted by molar-refractivity contribution is 5.37. The van der Waals surface area contributed by atoms with Crippen molar-refractivity contribution in [2.75, 3.05) is 13.2 Å². The predicted octanol–water partition coefficient (Wildman–Crippen LogP) is 4.00. The van der Waals surface area contributed by atoms with E-state index in [0.29, 0.717) is 18.8 Å². The lowest BCUT2D eigenvalue weighted by Gasteiger charge is -2.17. The maximum atomic E-state index is 5.94. The van der Waals surface area contributed by atoms with Crippen LogP contribution in [-0.4, -0.2) is 25.4 Å². The molecule has 1 aromatic carbocycles. The van der Waals surface area contributed by atoms with Crippen LogP contribution in [0.4, 0.5) is 0 Å². The van der Waals surface area contributed by atoms with Crippen molar-refractivity contribution in [3.8, 4) is 5.75 Å². The number of benzene rings is 1. The van der Waals surface area contributed by atoms with E-state index in [1.54, 1.807) is 0 Å². The molecule has 0 aromatic heterocycles. The Balaban J connectivity index is 1.89. The van der Waals surface area contributed by atoms with Crippen LogP contribution in [0.2, 0.25) is 0 Å². The van der Waals surface area contributed by atoms with Gasteiger partial charge in [-0.25, -0.2) is 0 Å². The molecule has 1 aromatic rings. The monoisotopic (exact) mass is 291 g/mol. The van der Waals surface area contributed by atoms with E-state index in [9.17, 15) is 0 Å². The zero-order valence-electron chi connectivity index (χ0n) is 13.8. The van der Waals surface area contributed by atoms with Gasteiger partial charge < -0.3 is 14.8 Å². The summed E-state index contributed by atoms with van der Waals surface area (Å²) in [5.74, 6) is 0.976. The van der Waals surface area contributed by atoms with Crippen molar-refractivity contribution in [3.05, 3.63) is 29.3 Å². The van der Waals surface area contributed by atoms with Crippen LogP contribution in [0, 0.1) is 6.92 Å². The van der Waals surface area contributed by atoms with Gasteiger partial charge in [0.05, 0.1) is 12.2 Å². The van der Waals surface area contributed by atoms with Crippen molar-refractivity contribution in [2.24, 2.45) is 0 Å². The molecule has 1 heterocycles. The lowest BCUT2D eigenvalue weighted by atomic mass is 10.0. The summed E-state index contributed by atoms with van der Waals surface area (Å²) in [7, 11) is 0. The van der Waals surface area contributed by atoms with Crippen LogP contribution in [0.1, 0.15) is 57.2 Å². The highest BCUT2D eigenvalue weighted by Crippen LogP contribution is 2.25. The van der Waals surface area contributed by atoms with Crippen LogP contribution in [0.3, 0.4) is 0 Å². The molecular formula is C18H29NO2. The first-order valence-electron chi connectivity index (χ1n) is 8.22. The average molecular weight is 291 g/mol. The number of hydrogen-bond acceptors (Lipinski definition) is 3. The molecule has 1 saturated heterocycles. The summed E-state index contributed by atoms with van der Waals surface area (Å²) in [6.07, 6.45) is 4.05. The lowest BCUT2D eigenvalue weighted by Crippen LogP contribution is -2.20. The van der Waals surface area contributed by atoms with Gasteiger partial charge in [0, 0.05) is 6.04 Å². The summed E-state index contributed by atoms with van der Waals surface area (Å²) in [4.78, 5) is 0. The van der Waals surface area contributed by atoms with Gasteiger partial charge in [0.1, 0.15) is 12.4 Å². The van der Waals surface area contributed by atoms with Crippen LogP contribution in [0.5, 0.6) is 5.75 Å². The van der Waals surface area contributed by atoms with E-state index in [-0.39, 0.29) is 6.10 Å². The van der Waals surface area contributed by atoms with Gasteiger partial charge in [0.25, 0.3) is 0 Å². The second-order valence-corrected chi connectivity index (χ2v) is 6.16. The Bertz CT molecular complexity index is 447. The summed E-state index contributed by atoms with van der Waals surface area (Å²) in [6.45, 7) is 10.4. The molecule has 0 bridgehead atoms. The Morgan fingerprint density at radius 1 is 1.38 bits per heavy atom. The Kier molecular flexibility index (Phi) is 6.07. The van der Waals surface area contributed by atoms with E-state index >= 15 is 0 Å². The third kappa shape index (κ3) is 4.72. The Hall–Kier alpha value is -1.06.